The third kappa shape index (κ3) is 3.37. The molecule has 98 valence electrons. The normalized spacial score (nSPS) is 13.7. The van der Waals surface area contributed by atoms with Crippen molar-refractivity contribution in [1.82, 2.24) is 9.97 Å². The Balaban J connectivity index is 2.04. The minimum absolute atomic E-state index is 0.134. The lowest BCUT2D eigenvalue weighted by atomic mass is 10.3. The molecule has 1 unspecified atom stereocenters. The summed E-state index contributed by atoms with van der Waals surface area (Å²) in [6.07, 6.45) is 1.57. The highest BCUT2D eigenvalue weighted by molar-refractivity contribution is 7.90. The Morgan fingerprint density at radius 2 is 2.28 bits per heavy atom. The van der Waals surface area contributed by atoms with E-state index >= 15 is 0 Å². The van der Waals surface area contributed by atoms with Crippen molar-refractivity contribution in [3.63, 3.8) is 0 Å². The number of rotatable bonds is 5. The molecule has 2 aromatic heterocycles. The van der Waals surface area contributed by atoms with Crippen LogP contribution < -0.4 is 5.32 Å². The molecule has 8 heteroatoms. The summed E-state index contributed by atoms with van der Waals surface area (Å²) < 4.78 is 22.0. The van der Waals surface area contributed by atoms with Crippen molar-refractivity contribution < 1.29 is 13.5 Å². The summed E-state index contributed by atoms with van der Waals surface area (Å²) in [5.74, 6) is 0.339. The molecule has 0 aliphatic carbocycles. The molecule has 0 saturated carbocycles. The Kier molecular flexibility index (Phi) is 3.79. The first-order valence-corrected chi connectivity index (χ1v) is 8.17. The topological polar surface area (TPSA) is 92.2 Å². The van der Waals surface area contributed by atoms with Crippen molar-refractivity contribution in [3.8, 4) is 0 Å². The zero-order valence-electron chi connectivity index (χ0n) is 9.70. The van der Waals surface area contributed by atoms with Gasteiger partial charge in [0.15, 0.2) is 0 Å². The van der Waals surface area contributed by atoms with E-state index in [-0.39, 0.29) is 12.3 Å². The Bertz CT molecular complexity index is 639. The highest BCUT2D eigenvalue weighted by Gasteiger charge is 2.13. The summed E-state index contributed by atoms with van der Waals surface area (Å²) in [5.41, 5.74) is 0. The van der Waals surface area contributed by atoms with Gasteiger partial charge in [-0.3, -0.25) is 0 Å². The van der Waals surface area contributed by atoms with Gasteiger partial charge in [-0.25, -0.2) is 18.4 Å². The van der Waals surface area contributed by atoms with E-state index in [1.807, 2.05) is 11.4 Å². The number of thiophene rings is 1. The molecule has 2 rings (SSSR count). The molecule has 0 aliphatic heterocycles. The van der Waals surface area contributed by atoms with Gasteiger partial charge in [-0.2, -0.15) is 0 Å². The first kappa shape index (κ1) is 13.2. The van der Waals surface area contributed by atoms with E-state index in [9.17, 15) is 13.5 Å². The predicted molar refractivity (Wildman–Crippen MR) is 71.6 cm³/mol. The van der Waals surface area contributed by atoms with E-state index in [0.29, 0.717) is 5.82 Å². The largest absolute Gasteiger partial charge is 0.390 e. The Morgan fingerprint density at radius 1 is 1.50 bits per heavy atom. The van der Waals surface area contributed by atoms with Crippen LogP contribution in [-0.2, 0) is 9.84 Å². The summed E-state index contributed by atoms with van der Waals surface area (Å²) >= 11 is 1.50. The summed E-state index contributed by atoms with van der Waals surface area (Å²) in [7, 11) is -3.18. The summed E-state index contributed by atoms with van der Waals surface area (Å²) in [5, 5.41) is 15.3. The van der Waals surface area contributed by atoms with Crippen molar-refractivity contribution in [2.45, 2.75) is 6.10 Å². The van der Waals surface area contributed by atoms with Crippen LogP contribution in [0.1, 0.15) is 0 Å². The molecule has 0 amide bonds. The number of sulfone groups is 1. The zero-order chi connectivity index (χ0) is 13.2. The fourth-order valence-corrected chi connectivity index (χ4v) is 3.10. The van der Waals surface area contributed by atoms with Crippen molar-refractivity contribution in [1.29, 1.82) is 0 Å². The minimum Gasteiger partial charge on any atom is -0.390 e. The molecule has 0 fully saturated rings. The molecule has 6 nitrogen and oxygen atoms in total. The van der Waals surface area contributed by atoms with Crippen LogP contribution in [0.2, 0.25) is 0 Å². The fraction of sp³-hybridized carbons (Fsp3) is 0.400. The molecular weight excluding hydrogens is 274 g/mol. The van der Waals surface area contributed by atoms with E-state index in [1.165, 1.54) is 17.7 Å². The van der Waals surface area contributed by atoms with Gasteiger partial charge in [0.1, 0.15) is 26.8 Å². The molecule has 0 saturated heterocycles. The fourth-order valence-electron chi connectivity index (χ4n) is 1.55. The quantitative estimate of drug-likeness (QED) is 0.832. The van der Waals surface area contributed by atoms with Crippen LogP contribution >= 0.6 is 11.3 Å². The van der Waals surface area contributed by atoms with Gasteiger partial charge in [0.05, 0.1) is 17.2 Å². The lowest BCUT2D eigenvalue weighted by Gasteiger charge is -2.11. The predicted octanol–water partition coefficient (Wildman–Crippen LogP) is 0.509. The van der Waals surface area contributed by atoms with E-state index in [4.69, 9.17) is 0 Å². The van der Waals surface area contributed by atoms with Gasteiger partial charge in [-0.05, 0) is 11.4 Å². The molecule has 2 N–H and O–H groups in total. The van der Waals surface area contributed by atoms with Gasteiger partial charge < -0.3 is 10.4 Å². The van der Waals surface area contributed by atoms with Crippen LogP contribution in [0, 0.1) is 0 Å². The molecule has 0 spiro atoms. The van der Waals surface area contributed by atoms with Gasteiger partial charge >= 0.3 is 0 Å². The first-order valence-electron chi connectivity index (χ1n) is 5.23. The van der Waals surface area contributed by atoms with Crippen LogP contribution in [0.15, 0.2) is 17.8 Å². The summed E-state index contributed by atoms with van der Waals surface area (Å²) in [6.45, 7) is 0.134. The molecule has 0 aromatic carbocycles. The lowest BCUT2D eigenvalue weighted by Crippen LogP contribution is -2.27. The van der Waals surface area contributed by atoms with Gasteiger partial charge in [-0.15, -0.1) is 11.3 Å². The summed E-state index contributed by atoms with van der Waals surface area (Å²) in [6, 6.07) is 1.88. The number of aliphatic hydroxyl groups is 1. The average molecular weight is 287 g/mol. The number of aliphatic hydroxyl groups excluding tert-OH is 1. The Labute approximate surface area is 109 Å². The molecule has 1 atom stereocenters. The number of nitrogens with zero attached hydrogens (tertiary/aromatic N) is 2. The molecule has 0 aliphatic rings. The Hall–Kier alpha value is -1.25. The molecule has 0 bridgehead atoms. The highest BCUT2D eigenvalue weighted by atomic mass is 32.2. The van der Waals surface area contributed by atoms with E-state index in [0.717, 1.165) is 16.5 Å². The number of hydrogen-bond donors (Lipinski definition) is 2. The van der Waals surface area contributed by atoms with E-state index in [1.54, 1.807) is 0 Å². The van der Waals surface area contributed by atoms with Gasteiger partial charge in [0, 0.05) is 12.8 Å². The second kappa shape index (κ2) is 5.17. The standard InChI is InChI=1S/C10H13N3O3S2/c1-18(15,16)5-7(14)4-11-9-8-2-3-17-10(8)13-6-12-9/h2-3,6-7,14H,4-5H2,1H3,(H,11,12,13). The molecule has 2 heterocycles. The molecule has 2 aromatic rings. The Morgan fingerprint density at radius 3 is 3.00 bits per heavy atom. The molecular formula is C10H13N3O3S2. The minimum atomic E-state index is -3.18. The zero-order valence-corrected chi connectivity index (χ0v) is 11.3. The van der Waals surface area contributed by atoms with E-state index < -0.39 is 15.9 Å². The molecule has 18 heavy (non-hydrogen) atoms. The van der Waals surface area contributed by atoms with Gasteiger partial charge in [0.2, 0.25) is 0 Å². The van der Waals surface area contributed by atoms with Crippen molar-refractivity contribution in [2.75, 3.05) is 23.9 Å². The second-order valence-electron chi connectivity index (χ2n) is 3.99. The lowest BCUT2D eigenvalue weighted by molar-refractivity contribution is 0.210. The van der Waals surface area contributed by atoms with Crippen molar-refractivity contribution in [3.05, 3.63) is 17.8 Å². The second-order valence-corrected chi connectivity index (χ2v) is 7.07. The maximum absolute atomic E-state index is 11.0. The maximum atomic E-state index is 11.0. The third-order valence-corrected chi connectivity index (χ3v) is 4.07. The van der Waals surface area contributed by atoms with Crippen molar-refractivity contribution in [2.24, 2.45) is 0 Å². The molecule has 0 radical (unpaired) electrons. The average Bonchev–Trinajstić information content (AvgIpc) is 2.72. The smallest absolute Gasteiger partial charge is 0.150 e. The van der Waals surface area contributed by atoms with Crippen LogP contribution in [0.5, 0.6) is 0 Å². The monoisotopic (exact) mass is 287 g/mol. The first-order chi connectivity index (χ1) is 8.46. The van der Waals surface area contributed by atoms with Crippen molar-refractivity contribution >= 4 is 37.2 Å². The number of hydrogen-bond acceptors (Lipinski definition) is 7. The SMILES string of the molecule is CS(=O)(=O)CC(O)CNc1ncnc2sccc12. The third-order valence-electron chi connectivity index (χ3n) is 2.26. The van der Waals surface area contributed by atoms with Crippen LogP contribution in [0.4, 0.5) is 5.82 Å². The number of fused-ring (bicyclic) bond motifs is 1. The number of aromatic nitrogens is 2. The van der Waals surface area contributed by atoms with Gasteiger partial charge in [-0.1, -0.05) is 0 Å². The van der Waals surface area contributed by atoms with Crippen LogP contribution in [-0.4, -0.2) is 48.1 Å². The maximum Gasteiger partial charge on any atom is 0.150 e. The van der Waals surface area contributed by atoms with Crippen LogP contribution in [0.3, 0.4) is 0 Å². The highest BCUT2D eigenvalue weighted by Crippen LogP contribution is 2.23. The van der Waals surface area contributed by atoms with Crippen LogP contribution in [0.25, 0.3) is 10.2 Å². The number of nitrogens with one attached hydrogen (secondary N) is 1. The van der Waals surface area contributed by atoms with Gasteiger partial charge in [0.25, 0.3) is 0 Å². The number of anilines is 1. The van der Waals surface area contributed by atoms with E-state index in [2.05, 4.69) is 15.3 Å². The summed E-state index contributed by atoms with van der Waals surface area (Å²) in [4.78, 5) is 9.02.